The summed E-state index contributed by atoms with van der Waals surface area (Å²) < 4.78 is 6.66. The summed E-state index contributed by atoms with van der Waals surface area (Å²) in [7, 11) is 2.01. The van der Waals surface area contributed by atoms with Crippen LogP contribution in [0.2, 0.25) is 0 Å². The van der Waals surface area contributed by atoms with E-state index in [-0.39, 0.29) is 13.1 Å². The molecule has 1 fully saturated rings. The average Bonchev–Trinajstić information content (AvgIpc) is 3.69. The Morgan fingerprint density at radius 3 is 2.33 bits per heavy atom. The smallest absolute Gasteiger partial charge is 0.196 e. The highest BCUT2D eigenvalue weighted by atomic mass is 16.5. The van der Waals surface area contributed by atoms with Gasteiger partial charge in [0.2, 0.25) is 0 Å². The number of hydrogen-bond acceptors (Lipinski definition) is 4. The molecule has 4 heteroatoms. The third-order valence-electron chi connectivity index (χ3n) is 8.25. The normalized spacial score (nSPS) is 20.7. The first-order valence-corrected chi connectivity index (χ1v) is 15.2. The molecule has 2 aliphatic carbocycles. The third-order valence-corrected chi connectivity index (χ3v) is 8.25. The maximum Gasteiger partial charge on any atom is 0.196 e. The number of hydrogen-bond donors (Lipinski definition) is 3. The molecule has 2 aromatic carbocycles. The molecule has 3 N–H and O–H groups in total. The van der Waals surface area contributed by atoms with Crippen LogP contribution in [0.5, 0.6) is 0 Å². The summed E-state index contributed by atoms with van der Waals surface area (Å²) in [5.74, 6) is 1.99. The zero-order chi connectivity index (χ0) is 29.4. The third kappa shape index (κ3) is 6.66. The molecule has 1 heterocycles. The van der Waals surface area contributed by atoms with E-state index in [2.05, 4.69) is 111 Å². The van der Waals surface area contributed by atoms with Crippen LogP contribution in [-0.4, -0.2) is 7.05 Å². The average molecular weight is 544 g/mol. The van der Waals surface area contributed by atoms with Crippen molar-refractivity contribution >= 4 is 0 Å². The van der Waals surface area contributed by atoms with E-state index in [9.17, 15) is 0 Å². The highest BCUT2D eigenvalue weighted by Crippen LogP contribution is 2.54. The molecule has 5 rings (SSSR count). The van der Waals surface area contributed by atoms with Gasteiger partial charge in [-0.25, -0.2) is 0 Å². The Morgan fingerprint density at radius 2 is 1.70 bits per heavy atom. The van der Waals surface area contributed by atoms with Crippen LogP contribution in [0.25, 0.3) is 0 Å². The Labute approximate surface area is 245 Å². The van der Waals surface area contributed by atoms with Crippen LogP contribution in [0.3, 0.4) is 0 Å². The first kappa shape index (κ1) is 31.1. The topological polar surface area (TPSA) is 45.3 Å². The number of nitrogens with one attached hydrogen (secondary N) is 3. The molecule has 40 heavy (non-hydrogen) atoms. The molecule has 1 aliphatic heterocycles. The molecule has 0 amide bonds. The summed E-state index contributed by atoms with van der Waals surface area (Å²) in [5, 5.41) is 10.6. The van der Waals surface area contributed by atoms with Crippen LogP contribution in [0.1, 0.15) is 91.2 Å². The van der Waals surface area contributed by atoms with Crippen LogP contribution in [0.4, 0.5) is 0 Å². The molecular weight excluding hydrogens is 490 g/mol. The zero-order valence-corrected chi connectivity index (χ0v) is 26.2. The maximum atomic E-state index is 6.66. The lowest BCUT2D eigenvalue weighted by Gasteiger charge is -2.24. The second-order valence-electron chi connectivity index (χ2n) is 10.9. The SMILES string of the molecule is C=C(NCc1ccccc1C)C1=C(C2=CC=C(NC)C3CC23)OC(c2ccc(C(C)(C)CC)cc2)N1.CC.CC.[HH]. The molecule has 3 unspecified atom stereocenters. The number of fused-ring (bicyclic) bond motifs is 1. The van der Waals surface area contributed by atoms with E-state index < -0.39 is 0 Å². The number of allylic oxidation sites excluding steroid dienone is 4. The largest absolute Gasteiger partial charge is 0.464 e. The van der Waals surface area contributed by atoms with E-state index in [0.29, 0.717) is 11.8 Å². The van der Waals surface area contributed by atoms with Crippen LogP contribution in [0, 0.1) is 18.8 Å². The van der Waals surface area contributed by atoms with Crippen molar-refractivity contribution < 1.29 is 6.16 Å². The van der Waals surface area contributed by atoms with Gasteiger partial charge in [-0.15, -0.1) is 0 Å². The lowest BCUT2D eigenvalue weighted by atomic mass is 9.82. The molecule has 0 aromatic heterocycles. The quantitative estimate of drug-likeness (QED) is 0.296. The van der Waals surface area contributed by atoms with Gasteiger partial charge in [-0.3, -0.25) is 0 Å². The van der Waals surface area contributed by atoms with Crippen molar-refractivity contribution in [2.75, 3.05) is 7.05 Å². The van der Waals surface area contributed by atoms with Crippen molar-refractivity contribution in [3.8, 4) is 0 Å². The Bertz CT molecular complexity index is 1260. The van der Waals surface area contributed by atoms with Crippen molar-refractivity contribution in [3.63, 3.8) is 0 Å². The van der Waals surface area contributed by atoms with Gasteiger partial charge in [-0.05, 0) is 53.9 Å². The molecule has 3 atom stereocenters. The zero-order valence-electron chi connectivity index (χ0n) is 26.2. The predicted molar refractivity (Wildman–Crippen MR) is 173 cm³/mol. The van der Waals surface area contributed by atoms with Crippen LogP contribution < -0.4 is 16.0 Å². The van der Waals surface area contributed by atoms with Crippen molar-refractivity contribution in [1.82, 2.24) is 16.0 Å². The van der Waals surface area contributed by atoms with E-state index in [1.54, 1.807) is 0 Å². The highest BCUT2D eigenvalue weighted by Gasteiger charge is 2.47. The van der Waals surface area contributed by atoms with Crippen LogP contribution in [0.15, 0.2) is 95.7 Å². The van der Waals surface area contributed by atoms with Gasteiger partial charge in [-0.2, -0.15) is 0 Å². The molecule has 4 nitrogen and oxygen atoms in total. The molecule has 1 saturated carbocycles. The fraction of sp³-hybridized carbons (Fsp3) is 0.444. The van der Waals surface area contributed by atoms with Crippen molar-refractivity contribution in [2.24, 2.45) is 11.8 Å². The molecule has 2 aromatic rings. The molecule has 0 saturated heterocycles. The summed E-state index contributed by atoms with van der Waals surface area (Å²) in [6.45, 7) is 22.1. The molecule has 218 valence electrons. The van der Waals surface area contributed by atoms with Gasteiger partial charge >= 0.3 is 0 Å². The molecule has 3 aliphatic rings. The van der Waals surface area contributed by atoms with Crippen LogP contribution >= 0.6 is 0 Å². The summed E-state index contributed by atoms with van der Waals surface area (Å²) in [6, 6.07) is 17.3. The van der Waals surface area contributed by atoms with Gasteiger partial charge < -0.3 is 20.7 Å². The first-order chi connectivity index (χ1) is 19.3. The lowest BCUT2D eigenvalue weighted by molar-refractivity contribution is 0.132. The summed E-state index contributed by atoms with van der Waals surface area (Å²) in [5.41, 5.74) is 9.60. The fourth-order valence-corrected chi connectivity index (χ4v) is 5.22. The van der Waals surface area contributed by atoms with E-state index in [1.165, 1.54) is 28.0 Å². The summed E-state index contributed by atoms with van der Waals surface area (Å²) in [6.07, 6.45) is 6.45. The standard InChI is InChI=1S/C32H39N3O.2C2H6.H2/c1-7-32(4,5)24-14-12-22(13-15-24)31-35-29(21(3)34-19-23-11-9-8-10-20(23)2)30(36-31)25-16-17-28(33-6)27-18-26(25)27;2*1-2;/h8-17,26-27,31,33-35H,3,7,18-19H2,1-2,4-6H3;2*1-2H3;1H. The summed E-state index contributed by atoms with van der Waals surface area (Å²) >= 11 is 0. The molecule has 0 radical (unpaired) electrons. The Hall–Kier alpha value is -3.40. The minimum Gasteiger partial charge on any atom is -0.464 e. The highest BCUT2D eigenvalue weighted by molar-refractivity contribution is 5.50. The first-order valence-electron chi connectivity index (χ1n) is 15.2. The molecular formula is C36H53N3O. The number of benzene rings is 2. The van der Waals surface area contributed by atoms with Crippen molar-refractivity contribution in [3.05, 3.63) is 118 Å². The van der Waals surface area contributed by atoms with E-state index in [0.717, 1.165) is 42.1 Å². The Morgan fingerprint density at radius 1 is 1.02 bits per heavy atom. The number of rotatable bonds is 9. The second-order valence-corrected chi connectivity index (χ2v) is 10.9. The maximum absolute atomic E-state index is 6.66. The van der Waals surface area contributed by atoms with Crippen LogP contribution in [-0.2, 0) is 16.7 Å². The monoisotopic (exact) mass is 543 g/mol. The van der Waals surface area contributed by atoms with E-state index in [1.807, 2.05) is 34.7 Å². The van der Waals surface area contributed by atoms with E-state index in [4.69, 9.17) is 4.74 Å². The van der Waals surface area contributed by atoms with Gasteiger partial charge in [0, 0.05) is 37.8 Å². The molecule has 0 bridgehead atoms. The Balaban J connectivity index is 0.00000113. The van der Waals surface area contributed by atoms with Gasteiger partial charge in [0.05, 0.1) is 5.70 Å². The van der Waals surface area contributed by atoms with E-state index >= 15 is 0 Å². The fourth-order valence-electron chi connectivity index (χ4n) is 5.22. The lowest BCUT2D eigenvalue weighted by Crippen LogP contribution is -2.23. The van der Waals surface area contributed by atoms with Gasteiger partial charge in [0.15, 0.2) is 12.0 Å². The number of ether oxygens (including phenoxy) is 1. The van der Waals surface area contributed by atoms with Crippen molar-refractivity contribution in [2.45, 2.75) is 86.4 Å². The van der Waals surface area contributed by atoms with Crippen molar-refractivity contribution in [1.29, 1.82) is 0 Å². The second kappa shape index (κ2) is 13.8. The summed E-state index contributed by atoms with van der Waals surface area (Å²) in [4.78, 5) is 0. The van der Waals surface area contributed by atoms with Gasteiger partial charge in [0.25, 0.3) is 0 Å². The number of aryl methyl sites for hydroxylation is 1. The Kier molecular flexibility index (Phi) is 10.7. The van der Waals surface area contributed by atoms with Gasteiger partial charge in [-0.1, -0.05) is 110 Å². The minimum absolute atomic E-state index is 0. The predicted octanol–water partition coefficient (Wildman–Crippen LogP) is 8.79. The van der Waals surface area contributed by atoms with Gasteiger partial charge in [0.1, 0.15) is 5.70 Å². The minimum atomic E-state index is -0.237. The molecule has 0 spiro atoms.